The van der Waals surface area contributed by atoms with Gasteiger partial charge in [0.05, 0.1) is 19.3 Å². The fourth-order valence-electron chi connectivity index (χ4n) is 3.30. The zero-order valence-electron chi connectivity index (χ0n) is 12.3. The molecule has 21 heavy (non-hydrogen) atoms. The predicted octanol–water partition coefficient (Wildman–Crippen LogP) is 2.71. The molecule has 0 aliphatic heterocycles. The second-order valence-corrected chi connectivity index (χ2v) is 5.50. The first-order valence-corrected chi connectivity index (χ1v) is 7.36. The third-order valence-electron chi connectivity index (χ3n) is 4.33. The number of nitrogens with one attached hydrogen (secondary N) is 1. The Morgan fingerprint density at radius 2 is 2.19 bits per heavy atom. The highest BCUT2D eigenvalue weighted by molar-refractivity contribution is 5.37. The van der Waals surface area contributed by atoms with Crippen LogP contribution in [0, 0.1) is 0 Å². The van der Waals surface area contributed by atoms with Gasteiger partial charge in [-0.25, -0.2) is 0 Å². The van der Waals surface area contributed by atoms with E-state index in [9.17, 15) is 0 Å². The lowest BCUT2D eigenvalue weighted by molar-refractivity contribution is 0.395. The molecule has 2 aromatic rings. The van der Waals surface area contributed by atoms with Crippen LogP contribution in [0.15, 0.2) is 42.7 Å². The van der Waals surface area contributed by atoms with E-state index in [-0.39, 0.29) is 6.04 Å². The number of rotatable bonds is 4. The van der Waals surface area contributed by atoms with E-state index >= 15 is 0 Å². The van der Waals surface area contributed by atoms with Gasteiger partial charge in [0.15, 0.2) is 0 Å². The van der Waals surface area contributed by atoms with E-state index < -0.39 is 0 Å². The third kappa shape index (κ3) is 2.77. The van der Waals surface area contributed by atoms with Crippen molar-refractivity contribution in [1.82, 2.24) is 10.4 Å². The molecule has 1 aliphatic carbocycles. The van der Waals surface area contributed by atoms with Gasteiger partial charge in [0.1, 0.15) is 5.75 Å². The maximum Gasteiger partial charge on any atom is 0.137 e. The van der Waals surface area contributed by atoms with Gasteiger partial charge in [0, 0.05) is 12.1 Å². The minimum absolute atomic E-state index is 0.0500. The second-order valence-electron chi connectivity index (χ2n) is 5.50. The minimum Gasteiger partial charge on any atom is -0.495 e. The number of nitrogens with zero attached hydrogens (tertiary/aromatic N) is 1. The van der Waals surface area contributed by atoms with Gasteiger partial charge < -0.3 is 4.74 Å². The fraction of sp³-hybridized carbons (Fsp3) is 0.353. The number of hydrogen-bond donors (Lipinski definition) is 2. The number of aryl methyl sites for hydroxylation is 1. The topological polar surface area (TPSA) is 60.2 Å². The van der Waals surface area contributed by atoms with Crippen molar-refractivity contribution in [2.75, 3.05) is 7.11 Å². The summed E-state index contributed by atoms with van der Waals surface area (Å²) in [6, 6.07) is 10.7. The van der Waals surface area contributed by atoms with Crippen molar-refractivity contribution < 1.29 is 4.74 Å². The Bertz CT molecular complexity index is 614. The molecule has 0 amide bonds. The van der Waals surface area contributed by atoms with Crippen LogP contribution in [0.25, 0.3) is 0 Å². The van der Waals surface area contributed by atoms with Crippen LogP contribution in [0.2, 0.25) is 0 Å². The van der Waals surface area contributed by atoms with Crippen LogP contribution in [0.4, 0.5) is 0 Å². The lowest BCUT2D eigenvalue weighted by Gasteiger charge is -2.32. The number of pyridine rings is 1. The van der Waals surface area contributed by atoms with Gasteiger partial charge in [-0.3, -0.25) is 16.3 Å². The van der Waals surface area contributed by atoms with Crippen molar-refractivity contribution >= 4 is 0 Å². The third-order valence-corrected chi connectivity index (χ3v) is 4.33. The molecule has 1 aliphatic rings. The molecule has 3 N–H and O–H groups in total. The molecule has 0 radical (unpaired) electrons. The Hall–Kier alpha value is -1.91. The van der Waals surface area contributed by atoms with Gasteiger partial charge in [-0.15, -0.1) is 0 Å². The van der Waals surface area contributed by atoms with Crippen LogP contribution in [0.5, 0.6) is 5.75 Å². The molecule has 2 unspecified atom stereocenters. The standard InChI is InChI=1S/C17H21N3O/c1-21-14-9-13(10-19-11-14)17(20-18)16-8-4-6-12-5-2-3-7-15(12)16/h2-3,5,7,9-11,16-17,20H,4,6,8,18H2,1H3. The summed E-state index contributed by atoms with van der Waals surface area (Å²) in [4.78, 5) is 4.25. The van der Waals surface area contributed by atoms with Crippen molar-refractivity contribution in [2.24, 2.45) is 5.84 Å². The highest BCUT2D eigenvalue weighted by atomic mass is 16.5. The quantitative estimate of drug-likeness (QED) is 0.669. The van der Waals surface area contributed by atoms with Gasteiger partial charge in [0.25, 0.3) is 0 Å². The van der Waals surface area contributed by atoms with E-state index in [2.05, 4.69) is 34.7 Å². The Morgan fingerprint density at radius 1 is 1.33 bits per heavy atom. The molecular weight excluding hydrogens is 262 g/mol. The van der Waals surface area contributed by atoms with Gasteiger partial charge in [-0.1, -0.05) is 24.3 Å². The highest BCUT2D eigenvalue weighted by Gasteiger charge is 2.28. The van der Waals surface area contributed by atoms with Crippen LogP contribution in [0.3, 0.4) is 0 Å². The Kier molecular flexibility index (Phi) is 4.18. The summed E-state index contributed by atoms with van der Waals surface area (Å²) in [7, 11) is 1.65. The SMILES string of the molecule is COc1cncc(C(NN)C2CCCc3ccccc32)c1. The molecule has 0 fully saturated rings. The molecule has 0 bridgehead atoms. The van der Waals surface area contributed by atoms with Crippen LogP contribution < -0.4 is 16.0 Å². The van der Waals surface area contributed by atoms with E-state index in [1.807, 2.05) is 12.3 Å². The molecule has 1 aromatic carbocycles. The summed E-state index contributed by atoms with van der Waals surface area (Å²) in [5.41, 5.74) is 6.89. The predicted molar refractivity (Wildman–Crippen MR) is 83.0 cm³/mol. The first-order valence-electron chi connectivity index (χ1n) is 7.36. The molecule has 110 valence electrons. The number of aromatic nitrogens is 1. The van der Waals surface area contributed by atoms with E-state index in [0.29, 0.717) is 5.92 Å². The van der Waals surface area contributed by atoms with Crippen molar-refractivity contribution in [1.29, 1.82) is 0 Å². The number of hydrogen-bond acceptors (Lipinski definition) is 4. The fourth-order valence-corrected chi connectivity index (χ4v) is 3.30. The molecule has 1 heterocycles. The molecule has 1 aromatic heterocycles. The molecule has 4 nitrogen and oxygen atoms in total. The molecule has 0 saturated carbocycles. The minimum atomic E-state index is 0.0500. The number of methoxy groups -OCH3 is 1. The van der Waals surface area contributed by atoms with Crippen molar-refractivity contribution in [2.45, 2.75) is 31.2 Å². The van der Waals surface area contributed by atoms with Crippen LogP contribution in [-0.2, 0) is 6.42 Å². The maximum absolute atomic E-state index is 5.87. The van der Waals surface area contributed by atoms with Crippen LogP contribution >= 0.6 is 0 Å². The Labute approximate surface area is 125 Å². The monoisotopic (exact) mass is 283 g/mol. The summed E-state index contributed by atoms with van der Waals surface area (Å²) in [6.07, 6.45) is 7.05. The molecule has 4 heteroatoms. The Morgan fingerprint density at radius 3 is 3.00 bits per heavy atom. The summed E-state index contributed by atoms with van der Waals surface area (Å²) in [6.45, 7) is 0. The maximum atomic E-state index is 5.87. The number of nitrogens with two attached hydrogens (primary N) is 1. The zero-order chi connectivity index (χ0) is 14.7. The molecule has 2 atom stereocenters. The van der Waals surface area contributed by atoms with Crippen molar-refractivity contribution in [3.05, 3.63) is 59.4 Å². The average Bonchev–Trinajstić information content (AvgIpc) is 2.56. The molecule has 0 spiro atoms. The summed E-state index contributed by atoms with van der Waals surface area (Å²) >= 11 is 0. The number of fused-ring (bicyclic) bond motifs is 1. The molecule has 3 rings (SSSR count). The lowest BCUT2D eigenvalue weighted by atomic mass is 9.77. The molecule has 0 saturated heterocycles. The summed E-state index contributed by atoms with van der Waals surface area (Å²) in [5, 5.41) is 0. The van der Waals surface area contributed by atoms with Gasteiger partial charge in [-0.05, 0) is 42.0 Å². The number of ether oxygens (including phenoxy) is 1. The van der Waals surface area contributed by atoms with E-state index in [1.54, 1.807) is 13.3 Å². The van der Waals surface area contributed by atoms with Crippen molar-refractivity contribution in [3.8, 4) is 5.75 Å². The van der Waals surface area contributed by atoms with Crippen LogP contribution in [0.1, 0.15) is 41.5 Å². The van der Waals surface area contributed by atoms with Gasteiger partial charge in [-0.2, -0.15) is 0 Å². The smallest absolute Gasteiger partial charge is 0.137 e. The first-order chi connectivity index (χ1) is 10.3. The van der Waals surface area contributed by atoms with Crippen molar-refractivity contribution in [3.63, 3.8) is 0 Å². The summed E-state index contributed by atoms with van der Waals surface area (Å²) < 4.78 is 5.28. The van der Waals surface area contributed by atoms with E-state index in [4.69, 9.17) is 10.6 Å². The van der Waals surface area contributed by atoms with Gasteiger partial charge in [0.2, 0.25) is 0 Å². The lowest BCUT2D eigenvalue weighted by Crippen LogP contribution is -2.34. The first kappa shape index (κ1) is 14.0. The molecular formula is C17H21N3O. The average molecular weight is 283 g/mol. The van der Waals surface area contributed by atoms with Crippen LogP contribution in [-0.4, -0.2) is 12.1 Å². The zero-order valence-corrected chi connectivity index (χ0v) is 12.3. The normalized spacial score (nSPS) is 18.9. The Balaban J connectivity index is 1.97. The van der Waals surface area contributed by atoms with Gasteiger partial charge >= 0.3 is 0 Å². The highest BCUT2D eigenvalue weighted by Crippen LogP contribution is 2.40. The van der Waals surface area contributed by atoms with E-state index in [1.165, 1.54) is 17.5 Å². The van der Waals surface area contributed by atoms with E-state index in [0.717, 1.165) is 24.2 Å². The number of benzene rings is 1. The number of hydrazine groups is 1. The largest absolute Gasteiger partial charge is 0.495 e. The second kappa shape index (κ2) is 6.24. The summed E-state index contributed by atoms with van der Waals surface area (Å²) in [5.74, 6) is 7.00.